The quantitative estimate of drug-likeness (QED) is 0.622. The Balaban J connectivity index is 1.47. The van der Waals surface area contributed by atoms with Crippen LogP contribution < -0.4 is 10.1 Å². The van der Waals surface area contributed by atoms with Crippen molar-refractivity contribution in [2.45, 2.75) is 24.9 Å². The standard InChI is InChI=1S/C26H27NO3/c28-25(23-13-7-8-14-24(23)30-19-21-9-3-1-4-10-21)27-20-26(15-17-29-18-16-26)22-11-5-2-6-12-22/h1-14H,15-20H2,(H,27,28). The van der Waals surface area contributed by atoms with Crippen molar-refractivity contribution in [3.8, 4) is 5.75 Å². The minimum absolute atomic E-state index is 0.102. The number of hydrogen-bond donors (Lipinski definition) is 1. The maximum Gasteiger partial charge on any atom is 0.255 e. The first-order valence-corrected chi connectivity index (χ1v) is 10.4. The Morgan fingerprint density at radius 2 is 1.50 bits per heavy atom. The fourth-order valence-electron chi connectivity index (χ4n) is 3.98. The largest absolute Gasteiger partial charge is 0.488 e. The normalized spacial score (nSPS) is 15.3. The van der Waals surface area contributed by atoms with Crippen molar-refractivity contribution >= 4 is 5.91 Å². The summed E-state index contributed by atoms with van der Waals surface area (Å²) in [6.07, 6.45) is 1.78. The van der Waals surface area contributed by atoms with Crippen molar-refractivity contribution < 1.29 is 14.3 Å². The molecule has 1 aliphatic heterocycles. The Hall–Kier alpha value is -3.11. The summed E-state index contributed by atoms with van der Waals surface area (Å²) in [6, 6.07) is 27.8. The van der Waals surface area contributed by atoms with Gasteiger partial charge in [-0.2, -0.15) is 0 Å². The zero-order chi connectivity index (χ0) is 20.7. The highest BCUT2D eigenvalue weighted by Gasteiger charge is 2.35. The molecule has 0 spiro atoms. The average Bonchev–Trinajstić information content (AvgIpc) is 2.83. The number of benzene rings is 3. The predicted molar refractivity (Wildman–Crippen MR) is 118 cm³/mol. The van der Waals surface area contributed by atoms with Gasteiger partial charge in [0.05, 0.1) is 5.56 Å². The van der Waals surface area contributed by atoms with Gasteiger partial charge in [-0.1, -0.05) is 72.8 Å². The average molecular weight is 402 g/mol. The molecular formula is C26H27NO3. The molecule has 3 aromatic carbocycles. The Bertz CT molecular complexity index is 950. The van der Waals surface area contributed by atoms with E-state index in [9.17, 15) is 4.79 Å². The molecule has 30 heavy (non-hydrogen) atoms. The van der Waals surface area contributed by atoms with Crippen molar-refractivity contribution in [2.24, 2.45) is 0 Å². The van der Waals surface area contributed by atoms with E-state index in [1.165, 1.54) is 5.56 Å². The van der Waals surface area contributed by atoms with Crippen LogP contribution in [0.2, 0.25) is 0 Å². The first-order chi connectivity index (χ1) is 14.8. The van der Waals surface area contributed by atoms with E-state index < -0.39 is 0 Å². The third kappa shape index (κ3) is 4.71. The van der Waals surface area contributed by atoms with Gasteiger partial charge in [-0.25, -0.2) is 0 Å². The molecule has 1 heterocycles. The van der Waals surface area contributed by atoms with E-state index >= 15 is 0 Å². The van der Waals surface area contributed by atoms with E-state index in [1.54, 1.807) is 0 Å². The van der Waals surface area contributed by atoms with Crippen LogP contribution in [0.15, 0.2) is 84.9 Å². The minimum atomic E-state index is -0.111. The summed E-state index contributed by atoms with van der Waals surface area (Å²) in [5.74, 6) is 0.486. The van der Waals surface area contributed by atoms with Crippen LogP contribution in [0.4, 0.5) is 0 Å². The topological polar surface area (TPSA) is 47.6 Å². The van der Waals surface area contributed by atoms with Gasteiger partial charge in [0.25, 0.3) is 5.91 Å². The lowest BCUT2D eigenvalue weighted by molar-refractivity contribution is 0.0487. The van der Waals surface area contributed by atoms with E-state index in [0.717, 1.165) is 18.4 Å². The van der Waals surface area contributed by atoms with Gasteiger partial charge in [0.2, 0.25) is 0 Å². The molecule has 0 aliphatic carbocycles. The van der Waals surface area contributed by atoms with E-state index in [4.69, 9.17) is 9.47 Å². The Morgan fingerprint density at radius 3 is 2.23 bits per heavy atom. The van der Waals surface area contributed by atoms with E-state index in [-0.39, 0.29) is 11.3 Å². The maximum atomic E-state index is 13.1. The Labute approximate surface area is 177 Å². The van der Waals surface area contributed by atoms with Gasteiger partial charge in [0.15, 0.2) is 0 Å². The lowest BCUT2D eigenvalue weighted by atomic mass is 9.74. The molecule has 0 bridgehead atoms. The Kier molecular flexibility index (Phi) is 6.45. The number of nitrogens with one attached hydrogen (secondary N) is 1. The van der Waals surface area contributed by atoms with Crippen LogP contribution in [0.25, 0.3) is 0 Å². The summed E-state index contributed by atoms with van der Waals surface area (Å²) in [7, 11) is 0. The second-order valence-electron chi connectivity index (χ2n) is 7.71. The number of para-hydroxylation sites is 1. The van der Waals surface area contributed by atoms with Gasteiger partial charge in [0, 0.05) is 25.2 Å². The SMILES string of the molecule is O=C(NCC1(c2ccccc2)CCOCC1)c1ccccc1OCc1ccccc1. The van der Waals surface area contributed by atoms with Gasteiger partial charge in [0.1, 0.15) is 12.4 Å². The zero-order valence-electron chi connectivity index (χ0n) is 17.1. The third-order valence-corrected chi connectivity index (χ3v) is 5.79. The molecule has 0 aromatic heterocycles. The molecular weight excluding hydrogens is 374 g/mol. The number of carbonyl (C=O) groups is 1. The predicted octanol–water partition coefficient (Wildman–Crippen LogP) is 4.74. The van der Waals surface area contributed by atoms with Crippen LogP contribution in [-0.2, 0) is 16.8 Å². The summed E-state index contributed by atoms with van der Waals surface area (Å²) in [4.78, 5) is 13.1. The monoisotopic (exact) mass is 401 g/mol. The molecule has 0 atom stereocenters. The summed E-state index contributed by atoms with van der Waals surface area (Å²) >= 11 is 0. The highest BCUT2D eigenvalue weighted by atomic mass is 16.5. The molecule has 0 unspecified atom stereocenters. The summed E-state index contributed by atoms with van der Waals surface area (Å²) in [6.45, 7) is 2.42. The van der Waals surface area contributed by atoms with Crippen LogP contribution in [0.1, 0.15) is 34.3 Å². The number of amides is 1. The maximum absolute atomic E-state index is 13.1. The molecule has 0 saturated carbocycles. The molecule has 1 amide bonds. The lowest BCUT2D eigenvalue weighted by Crippen LogP contribution is -2.44. The van der Waals surface area contributed by atoms with Crippen molar-refractivity contribution in [3.63, 3.8) is 0 Å². The zero-order valence-corrected chi connectivity index (χ0v) is 17.1. The summed E-state index contributed by atoms with van der Waals surface area (Å²) < 4.78 is 11.6. The number of ether oxygens (including phenoxy) is 2. The van der Waals surface area contributed by atoms with Crippen LogP contribution in [-0.4, -0.2) is 25.7 Å². The lowest BCUT2D eigenvalue weighted by Gasteiger charge is -2.38. The minimum Gasteiger partial charge on any atom is -0.488 e. The fourth-order valence-corrected chi connectivity index (χ4v) is 3.98. The molecule has 4 heteroatoms. The van der Waals surface area contributed by atoms with E-state index in [0.29, 0.717) is 37.7 Å². The molecule has 4 rings (SSSR count). The molecule has 1 saturated heterocycles. The van der Waals surface area contributed by atoms with Crippen LogP contribution >= 0.6 is 0 Å². The van der Waals surface area contributed by atoms with Crippen molar-refractivity contribution in [1.29, 1.82) is 0 Å². The highest BCUT2D eigenvalue weighted by molar-refractivity contribution is 5.97. The van der Waals surface area contributed by atoms with Crippen molar-refractivity contribution in [2.75, 3.05) is 19.8 Å². The van der Waals surface area contributed by atoms with Crippen LogP contribution in [0.3, 0.4) is 0 Å². The van der Waals surface area contributed by atoms with E-state index in [1.807, 2.05) is 60.7 Å². The molecule has 4 nitrogen and oxygen atoms in total. The van der Waals surface area contributed by atoms with Gasteiger partial charge in [-0.3, -0.25) is 4.79 Å². The molecule has 0 radical (unpaired) electrons. The smallest absolute Gasteiger partial charge is 0.255 e. The highest BCUT2D eigenvalue weighted by Crippen LogP contribution is 2.34. The first kappa shape index (κ1) is 20.2. The fraction of sp³-hybridized carbons (Fsp3) is 0.269. The summed E-state index contributed by atoms with van der Waals surface area (Å²) in [5, 5.41) is 3.17. The number of hydrogen-bond acceptors (Lipinski definition) is 3. The second kappa shape index (κ2) is 9.59. The van der Waals surface area contributed by atoms with Gasteiger partial charge >= 0.3 is 0 Å². The second-order valence-corrected chi connectivity index (χ2v) is 7.71. The molecule has 154 valence electrons. The van der Waals surface area contributed by atoms with E-state index in [2.05, 4.69) is 29.6 Å². The van der Waals surface area contributed by atoms with Crippen LogP contribution in [0.5, 0.6) is 5.75 Å². The molecule has 1 fully saturated rings. The number of rotatable bonds is 7. The van der Waals surface area contributed by atoms with Gasteiger partial charge in [-0.05, 0) is 36.1 Å². The third-order valence-electron chi connectivity index (χ3n) is 5.79. The number of carbonyl (C=O) groups excluding carboxylic acids is 1. The molecule has 1 N–H and O–H groups in total. The summed E-state index contributed by atoms with van der Waals surface area (Å²) in [5.41, 5.74) is 2.78. The molecule has 3 aromatic rings. The van der Waals surface area contributed by atoms with Crippen molar-refractivity contribution in [3.05, 3.63) is 102 Å². The van der Waals surface area contributed by atoms with Gasteiger partial charge < -0.3 is 14.8 Å². The van der Waals surface area contributed by atoms with Crippen LogP contribution in [0, 0.1) is 0 Å². The molecule has 1 aliphatic rings. The van der Waals surface area contributed by atoms with Gasteiger partial charge in [-0.15, -0.1) is 0 Å². The Morgan fingerprint density at radius 1 is 0.867 bits per heavy atom. The first-order valence-electron chi connectivity index (χ1n) is 10.4. The van der Waals surface area contributed by atoms with Crippen molar-refractivity contribution in [1.82, 2.24) is 5.32 Å².